The van der Waals surface area contributed by atoms with Crippen molar-refractivity contribution in [3.8, 4) is 11.3 Å². The molecular weight excluding hydrogens is 350 g/mol. The molecule has 0 atom stereocenters. The van der Waals surface area contributed by atoms with Crippen LogP contribution >= 0.6 is 0 Å². The predicted molar refractivity (Wildman–Crippen MR) is 111 cm³/mol. The van der Waals surface area contributed by atoms with Crippen molar-refractivity contribution in [3.63, 3.8) is 0 Å². The molecule has 4 aromatic rings. The minimum Gasteiger partial charge on any atom is -0.385 e. The molecule has 1 amide bonds. The number of aromatic nitrogens is 1. The van der Waals surface area contributed by atoms with Gasteiger partial charge in [0.25, 0.3) is 5.91 Å². The molecule has 0 aliphatic heterocycles. The highest BCUT2D eigenvalue weighted by atomic mass is 16.5. The summed E-state index contributed by atoms with van der Waals surface area (Å²) in [6, 6.07) is 25.2. The normalized spacial score (nSPS) is 10.7. The number of rotatable bonds is 7. The number of nitrogens with one attached hydrogen (secondary N) is 2. The Bertz CT molecular complexity index is 1060. The van der Waals surface area contributed by atoms with Gasteiger partial charge in [-0.2, -0.15) is 0 Å². The number of hydrogen-bond donors (Lipinski definition) is 2. The van der Waals surface area contributed by atoms with Gasteiger partial charge < -0.3 is 15.2 Å². The molecule has 0 unspecified atom stereocenters. The Labute approximate surface area is 163 Å². The first-order valence-corrected chi connectivity index (χ1v) is 9.33. The average molecular weight is 371 g/mol. The topological polar surface area (TPSA) is 67.2 Å². The van der Waals surface area contributed by atoms with Crippen LogP contribution in [0.25, 0.3) is 22.2 Å². The molecule has 5 heteroatoms. The van der Waals surface area contributed by atoms with Gasteiger partial charge in [-0.05, 0) is 36.8 Å². The van der Waals surface area contributed by atoms with Gasteiger partial charge in [0.15, 0.2) is 5.76 Å². The van der Waals surface area contributed by atoms with Crippen LogP contribution in [0, 0.1) is 0 Å². The number of carbonyl (C=O) groups is 1. The zero-order chi connectivity index (χ0) is 19.2. The van der Waals surface area contributed by atoms with Gasteiger partial charge in [-0.15, -0.1) is 0 Å². The number of carbonyl (C=O) groups excluding carboxylic acids is 1. The van der Waals surface area contributed by atoms with Crippen LogP contribution in [-0.2, 0) is 0 Å². The van der Waals surface area contributed by atoms with Crippen molar-refractivity contribution in [2.24, 2.45) is 0 Å². The zero-order valence-electron chi connectivity index (χ0n) is 15.4. The van der Waals surface area contributed by atoms with Crippen LogP contribution in [0.2, 0.25) is 0 Å². The number of hydrogen-bond acceptors (Lipinski definition) is 4. The smallest absolute Gasteiger partial charge is 0.251 e. The molecular formula is C23H21N3O2. The first-order chi connectivity index (χ1) is 13.8. The van der Waals surface area contributed by atoms with Gasteiger partial charge in [0, 0.05) is 29.9 Å². The van der Waals surface area contributed by atoms with E-state index >= 15 is 0 Å². The molecule has 28 heavy (non-hydrogen) atoms. The molecule has 140 valence electrons. The summed E-state index contributed by atoms with van der Waals surface area (Å²) in [7, 11) is 0. The Morgan fingerprint density at radius 2 is 1.64 bits per heavy atom. The standard InChI is InChI=1S/C23H21N3O2/c27-23(25-15-7-14-24-19-10-5-2-6-11-19)18-12-13-21-20(16-18)22(28-26-21)17-8-3-1-4-9-17/h1-6,8-13,16,24H,7,14-15H2,(H,25,27). The minimum absolute atomic E-state index is 0.0955. The van der Waals surface area contributed by atoms with E-state index in [0.717, 1.165) is 35.1 Å². The van der Waals surface area contributed by atoms with Crippen molar-refractivity contribution in [2.75, 3.05) is 18.4 Å². The molecule has 0 spiro atoms. The molecule has 0 fully saturated rings. The highest BCUT2D eigenvalue weighted by molar-refractivity contribution is 6.00. The van der Waals surface area contributed by atoms with Crippen LogP contribution in [0.4, 0.5) is 5.69 Å². The summed E-state index contributed by atoms with van der Waals surface area (Å²) in [6.07, 6.45) is 0.839. The van der Waals surface area contributed by atoms with E-state index in [1.807, 2.05) is 72.8 Å². The van der Waals surface area contributed by atoms with Gasteiger partial charge in [-0.3, -0.25) is 4.79 Å². The SMILES string of the molecule is O=C(NCCCNc1ccccc1)c1ccc2noc(-c3ccccc3)c2c1. The molecule has 1 heterocycles. The van der Waals surface area contributed by atoms with Gasteiger partial charge >= 0.3 is 0 Å². The van der Waals surface area contributed by atoms with Crippen LogP contribution < -0.4 is 10.6 Å². The number of benzene rings is 3. The molecule has 0 radical (unpaired) electrons. The zero-order valence-corrected chi connectivity index (χ0v) is 15.4. The third-order valence-electron chi connectivity index (χ3n) is 4.52. The van der Waals surface area contributed by atoms with E-state index in [0.29, 0.717) is 17.9 Å². The van der Waals surface area contributed by atoms with E-state index in [4.69, 9.17) is 4.52 Å². The first kappa shape index (κ1) is 17.8. The predicted octanol–water partition coefficient (Wildman–Crippen LogP) is 4.73. The summed E-state index contributed by atoms with van der Waals surface area (Å²) in [5.74, 6) is 0.583. The molecule has 4 rings (SSSR count). The van der Waals surface area contributed by atoms with Gasteiger partial charge in [0.1, 0.15) is 5.52 Å². The van der Waals surface area contributed by atoms with E-state index < -0.39 is 0 Å². The second-order valence-electron chi connectivity index (χ2n) is 6.51. The summed E-state index contributed by atoms with van der Waals surface area (Å²) in [6.45, 7) is 1.40. The Morgan fingerprint density at radius 1 is 0.893 bits per heavy atom. The van der Waals surface area contributed by atoms with Crippen LogP contribution in [-0.4, -0.2) is 24.2 Å². The van der Waals surface area contributed by atoms with E-state index in [1.165, 1.54) is 0 Å². The van der Waals surface area contributed by atoms with Gasteiger partial charge in [0.2, 0.25) is 0 Å². The molecule has 0 saturated heterocycles. The summed E-state index contributed by atoms with van der Waals surface area (Å²) in [4.78, 5) is 12.5. The summed E-state index contributed by atoms with van der Waals surface area (Å²) >= 11 is 0. The maximum absolute atomic E-state index is 12.5. The summed E-state index contributed by atoms with van der Waals surface area (Å²) in [5, 5.41) is 11.2. The van der Waals surface area contributed by atoms with E-state index in [1.54, 1.807) is 6.07 Å². The van der Waals surface area contributed by atoms with Crippen LogP contribution in [0.3, 0.4) is 0 Å². The molecule has 3 aromatic carbocycles. The van der Waals surface area contributed by atoms with Gasteiger partial charge in [-0.25, -0.2) is 0 Å². The van der Waals surface area contributed by atoms with Gasteiger partial charge in [-0.1, -0.05) is 53.7 Å². The van der Waals surface area contributed by atoms with Crippen molar-refractivity contribution in [3.05, 3.63) is 84.4 Å². The fraction of sp³-hybridized carbons (Fsp3) is 0.130. The van der Waals surface area contributed by atoms with E-state index in [-0.39, 0.29) is 5.91 Å². The maximum atomic E-state index is 12.5. The molecule has 0 aliphatic carbocycles. The lowest BCUT2D eigenvalue weighted by Crippen LogP contribution is -2.25. The Morgan fingerprint density at radius 3 is 2.43 bits per heavy atom. The second-order valence-corrected chi connectivity index (χ2v) is 6.51. The second kappa shape index (κ2) is 8.39. The van der Waals surface area contributed by atoms with Crippen LogP contribution in [0.1, 0.15) is 16.8 Å². The largest absolute Gasteiger partial charge is 0.385 e. The lowest BCUT2D eigenvalue weighted by Gasteiger charge is -2.08. The quantitative estimate of drug-likeness (QED) is 0.461. The number of fused-ring (bicyclic) bond motifs is 1. The number of amides is 1. The molecule has 0 bridgehead atoms. The molecule has 0 aliphatic rings. The lowest BCUT2D eigenvalue weighted by atomic mass is 10.1. The van der Waals surface area contributed by atoms with Crippen molar-refractivity contribution < 1.29 is 9.32 Å². The summed E-state index contributed by atoms with van der Waals surface area (Å²) < 4.78 is 5.50. The van der Waals surface area contributed by atoms with E-state index in [9.17, 15) is 4.79 Å². The van der Waals surface area contributed by atoms with Gasteiger partial charge in [0.05, 0.1) is 5.39 Å². The van der Waals surface area contributed by atoms with Crippen molar-refractivity contribution in [1.82, 2.24) is 10.5 Å². The van der Waals surface area contributed by atoms with Crippen molar-refractivity contribution >= 4 is 22.5 Å². The highest BCUT2D eigenvalue weighted by Gasteiger charge is 2.13. The number of para-hydroxylation sites is 1. The average Bonchev–Trinajstić information content (AvgIpc) is 3.18. The molecule has 2 N–H and O–H groups in total. The fourth-order valence-corrected chi connectivity index (χ4v) is 3.06. The van der Waals surface area contributed by atoms with Crippen molar-refractivity contribution in [2.45, 2.75) is 6.42 Å². The minimum atomic E-state index is -0.0955. The third kappa shape index (κ3) is 4.04. The number of anilines is 1. The number of nitrogens with zero attached hydrogens (tertiary/aromatic N) is 1. The first-order valence-electron chi connectivity index (χ1n) is 9.33. The maximum Gasteiger partial charge on any atom is 0.251 e. The van der Waals surface area contributed by atoms with Crippen molar-refractivity contribution in [1.29, 1.82) is 0 Å². The van der Waals surface area contributed by atoms with E-state index in [2.05, 4.69) is 15.8 Å². The van der Waals surface area contributed by atoms with Crippen LogP contribution in [0.5, 0.6) is 0 Å². The lowest BCUT2D eigenvalue weighted by molar-refractivity contribution is 0.0953. The Balaban J connectivity index is 1.37. The Hall–Kier alpha value is -3.60. The molecule has 0 saturated carbocycles. The highest BCUT2D eigenvalue weighted by Crippen LogP contribution is 2.29. The third-order valence-corrected chi connectivity index (χ3v) is 4.52. The van der Waals surface area contributed by atoms with Crippen LogP contribution in [0.15, 0.2) is 83.4 Å². The molecule has 5 nitrogen and oxygen atoms in total. The molecule has 1 aromatic heterocycles. The fourth-order valence-electron chi connectivity index (χ4n) is 3.06. The summed E-state index contributed by atoms with van der Waals surface area (Å²) in [5.41, 5.74) is 3.36. The monoisotopic (exact) mass is 371 g/mol. The Kier molecular flexibility index (Phi) is 5.33.